The molecule has 0 aromatic heterocycles. The first kappa shape index (κ1) is 20.8. The second-order valence-electron chi connectivity index (χ2n) is 9.01. The molecule has 0 aromatic rings. The Morgan fingerprint density at radius 2 is 1.65 bits per heavy atom. The molecular formula is C18H31NO5Si2. The Bertz CT molecular complexity index is 659. The maximum Gasteiger partial charge on any atom is 0.317 e. The van der Waals surface area contributed by atoms with Gasteiger partial charge < -0.3 is 18.5 Å². The molecule has 0 spiro atoms. The molecule has 2 atom stereocenters. The summed E-state index contributed by atoms with van der Waals surface area (Å²) in [6.07, 6.45) is 4.10. The summed E-state index contributed by atoms with van der Waals surface area (Å²) < 4.78 is 17.7. The monoisotopic (exact) mass is 397 g/mol. The summed E-state index contributed by atoms with van der Waals surface area (Å²) in [4.78, 5) is 27.1. The molecule has 0 saturated heterocycles. The van der Waals surface area contributed by atoms with Gasteiger partial charge in [-0.05, 0) is 45.4 Å². The van der Waals surface area contributed by atoms with E-state index in [-0.39, 0.29) is 5.91 Å². The lowest BCUT2D eigenvalue weighted by Gasteiger charge is -2.45. The van der Waals surface area contributed by atoms with Crippen molar-refractivity contribution in [3.63, 3.8) is 0 Å². The molecule has 26 heavy (non-hydrogen) atoms. The Labute approximate surface area is 158 Å². The summed E-state index contributed by atoms with van der Waals surface area (Å²) in [5, 5.41) is 0. The average Bonchev–Trinajstić information content (AvgIpc) is 2.49. The van der Waals surface area contributed by atoms with Crippen LogP contribution in [0.15, 0.2) is 23.8 Å². The van der Waals surface area contributed by atoms with Crippen molar-refractivity contribution in [1.29, 1.82) is 0 Å². The number of fused-ring (bicyclic) bond motifs is 1. The van der Waals surface area contributed by atoms with Crippen molar-refractivity contribution in [1.82, 2.24) is 4.90 Å². The van der Waals surface area contributed by atoms with Gasteiger partial charge in [0.15, 0.2) is 0 Å². The predicted octanol–water partition coefficient (Wildman–Crippen LogP) is 3.46. The van der Waals surface area contributed by atoms with Crippen LogP contribution in [0.3, 0.4) is 0 Å². The number of rotatable bonds is 5. The van der Waals surface area contributed by atoms with E-state index >= 15 is 0 Å². The Hall–Kier alpha value is -1.55. The third-order valence-corrected chi connectivity index (χ3v) is 6.16. The molecular weight excluding hydrogens is 366 g/mol. The summed E-state index contributed by atoms with van der Waals surface area (Å²) in [7, 11) is -0.751. The molecule has 6 nitrogen and oxygen atoms in total. The summed E-state index contributed by atoms with van der Waals surface area (Å²) in [5.41, 5.74) is -1.03. The van der Waals surface area contributed by atoms with Gasteiger partial charge in [-0.3, -0.25) is 9.59 Å². The van der Waals surface area contributed by atoms with E-state index in [1.165, 1.54) is 12.0 Å². The van der Waals surface area contributed by atoms with Crippen LogP contribution in [0.4, 0.5) is 0 Å². The number of ether oxygens (including phenoxy) is 1. The summed E-state index contributed by atoms with van der Waals surface area (Å²) in [6, 6.07) is 0. The van der Waals surface area contributed by atoms with Crippen molar-refractivity contribution in [3.8, 4) is 0 Å². The van der Waals surface area contributed by atoms with Crippen LogP contribution in [0.2, 0.25) is 39.3 Å². The van der Waals surface area contributed by atoms with Crippen LogP contribution in [0.5, 0.6) is 0 Å². The number of amides is 1. The molecule has 1 aliphatic heterocycles. The van der Waals surface area contributed by atoms with Gasteiger partial charge in [-0.15, -0.1) is 0 Å². The number of nitrogens with zero attached hydrogens (tertiary/aromatic N) is 1. The molecule has 146 valence electrons. The lowest BCUT2D eigenvalue weighted by Crippen LogP contribution is -2.52. The second-order valence-corrected chi connectivity index (χ2v) is 17.9. The van der Waals surface area contributed by atoms with Crippen molar-refractivity contribution in [2.45, 2.75) is 52.1 Å². The van der Waals surface area contributed by atoms with Gasteiger partial charge in [0.25, 0.3) is 0 Å². The third kappa shape index (κ3) is 4.23. The van der Waals surface area contributed by atoms with Crippen molar-refractivity contribution in [3.05, 3.63) is 23.8 Å². The molecule has 2 aliphatic rings. The van der Waals surface area contributed by atoms with Crippen molar-refractivity contribution >= 4 is 28.5 Å². The van der Waals surface area contributed by atoms with Crippen LogP contribution in [-0.2, 0) is 23.2 Å². The van der Waals surface area contributed by atoms with Crippen LogP contribution in [0.1, 0.15) is 12.8 Å². The molecule has 1 heterocycles. The van der Waals surface area contributed by atoms with Gasteiger partial charge in [0.2, 0.25) is 22.5 Å². The van der Waals surface area contributed by atoms with Crippen molar-refractivity contribution in [2.75, 3.05) is 14.2 Å². The average molecular weight is 398 g/mol. The third-order valence-electron chi connectivity index (χ3n) is 4.44. The fraction of sp³-hybridized carbons (Fsp3) is 0.667. The van der Waals surface area contributed by atoms with E-state index in [0.29, 0.717) is 18.6 Å². The molecule has 1 amide bonds. The van der Waals surface area contributed by atoms with Crippen LogP contribution < -0.4 is 0 Å². The van der Waals surface area contributed by atoms with Crippen molar-refractivity contribution in [2.24, 2.45) is 11.3 Å². The second kappa shape index (κ2) is 6.88. The van der Waals surface area contributed by atoms with Crippen LogP contribution in [-0.4, -0.2) is 47.6 Å². The van der Waals surface area contributed by atoms with E-state index in [4.69, 9.17) is 13.6 Å². The minimum absolute atomic E-state index is 0.0957. The molecule has 0 aromatic carbocycles. The normalized spacial score (nSPS) is 26.5. The largest absolute Gasteiger partial charge is 0.545 e. The van der Waals surface area contributed by atoms with E-state index in [1.807, 2.05) is 0 Å². The minimum atomic E-state index is -1.92. The Morgan fingerprint density at radius 1 is 1.12 bits per heavy atom. The van der Waals surface area contributed by atoms with Crippen molar-refractivity contribution < 1.29 is 23.2 Å². The highest BCUT2D eigenvalue weighted by molar-refractivity contribution is 6.70. The van der Waals surface area contributed by atoms with Crippen LogP contribution in [0.25, 0.3) is 0 Å². The number of esters is 1. The Balaban J connectivity index is 2.57. The van der Waals surface area contributed by atoms with E-state index in [2.05, 4.69) is 39.3 Å². The number of carbonyl (C=O) groups excluding carboxylic acids is 2. The zero-order valence-corrected chi connectivity index (χ0v) is 19.1. The molecule has 0 saturated carbocycles. The molecule has 0 unspecified atom stereocenters. The number of allylic oxidation sites excluding steroid dienone is 2. The highest BCUT2D eigenvalue weighted by Gasteiger charge is 2.55. The van der Waals surface area contributed by atoms with Gasteiger partial charge in [-0.25, -0.2) is 0 Å². The van der Waals surface area contributed by atoms with Gasteiger partial charge in [-0.2, -0.15) is 0 Å². The zero-order chi connectivity index (χ0) is 19.9. The zero-order valence-electron chi connectivity index (χ0n) is 17.1. The summed E-state index contributed by atoms with van der Waals surface area (Å²) in [6.45, 7) is 12.6. The van der Waals surface area contributed by atoms with Gasteiger partial charge in [-0.1, -0.05) is 0 Å². The molecule has 1 aliphatic carbocycles. The Morgan fingerprint density at radius 3 is 2.15 bits per heavy atom. The van der Waals surface area contributed by atoms with E-state index in [0.717, 1.165) is 5.76 Å². The predicted molar refractivity (Wildman–Crippen MR) is 105 cm³/mol. The van der Waals surface area contributed by atoms with Crippen LogP contribution in [0, 0.1) is 11.3 Å². The lowest BCUT2D eigenvalue weighted by molar-refractivity contribution is -0.160. The molecule has 0 fully saturated rings. The summed E-state index contributed by atoms with van der Waals surface area (Å²) >= 11 is 0. The standard InChI is InChI=1S/C18H31NO5Si2/c1-19-10-9-18(17(21)22-2)12-15(24-26(6,7)8)14(23-25(3,4)5)11-13(18)16(19)20/h9-10,13H,11-12H2,1-8H3/t13-,18+/m0/s1. The summed E-state index contributed by atoms with van der Waals surface area (Å²) in [5.74, 6) is 0.402. The van der Waals surface area contributed by atoms with Crippen LogP contribution >= 0.6 is 0 Å². The van der Waals surface area contributed by atoms with E-state index in [1.54, 1.807) is 19.3 Å². The first-order chi connectivity index (χ1) is 11.8. The van der Waals surface area contributed by atoms with E-state index in [9.17, 15) is 9.59 Å². The molecule has 0 radical (unpaired) electrons. The minimum Gasteiger partial charge on any atom is -0.545 e. The number of carbonyl (C=O) groups is 2. The Kier molecular flexibility index (Phi) is 5.49. The molecule has 0 bridgehead atoms. The molecule has 2 rings (SSSR count). The number of methoxy groups -OCH3 is 1. The number of hydrogen-bond acceptors (Lipinski definition) is 5. The SMILES string of the molecule is COC(=O)[C@@]12C=CN(C)C(=O)[C@@H]1CC(O[Si](C)(C)C)=C(O[Si](C)(C)C)C2. The highest BCUT2D eigenvalue weighted by atomic mass is 28.4. The van der Waals surface area contributed by atoms with E-state index < -0.39 is 33.9 Å². The molecule has 0 N–H and O–H groups in total. The van der Waals surface area contributed by atoms with Gasteiger partial charge in [0.1, 0.15) is 16.9 Å². The lowest BCUT2D eigenvalue weighted by atomic mass is 9.65. The maximum absolute atomic E-state index is 12.9. The highest BCUT2D eigenvalue weighted by Crippen LogP contribution is 2.50. The smallest absolute Gasteiger partial charge is 0.317 e. The first-order valence-corrected chi connectivity index (χ1v) is 15.8. The molecule has 8 heteroatoms. The number of hydrogen-bond donors (Lipinski definition) is 0. The first-order valence-electron chi connectivity index (χ1n) is 8.93. The van der Waals surface area contributed by atoms with Gasteiger partial charge in [0, 0.05) is 26.1 Å². The van der Waals surface area contributed by atoms with Gasteiger partial charge in [0.05, 0.1) is 13.0 Å². The quantitative estimate of drug-likeness (QED) is 0.525. The fourth-order valence-electron chi connectivity index (χ4n) is 3.42. The topological polar surface area (TPSA) is 65.1 Å². The fourth-order valence-corrected chi connectivity index (χ4v) is 5.28. The maximum atomic E-state index is 12.9. The van der Waals surface area contributed by atoms with Gasteiger partial charge >= 0.3 is 5.97 Å².